The predicted octanol–water partition coefficient (Wildman–Crippen LogP) is 3.22. The van der Waals surface area contributed by atoms with Crippen molar-refractivity contribution in [3.8, 4) is 0 Å². The monoisotopic (exact) mass is 572 g/mol. The number of guanidine groups is 1. The minimum atomic E-state index is -0.223. The molecule has 0 bridgehead atoms. The van der Waals surface area contributed by atoms with Crippen LogP contribution in [-0.4, -0.2) is 70.0 Å². The molecule has 2 atom stereocenters. The Morgan fingerprint density at radius 1 is 1.09 bits per heavy atom. The van der Waals surface area contributed by atoms with Gasteiger partial charge in [0.15, 0.2) is 5.96 Å². The maximum atomic E-state index is 13.5. The number of benzene rings is 1. The lowest BCUT2D eigenvalue weighted by Crippen LogP contribution is -2.43. The van der Waals surface area contributed by atoms with Crippen molar-refractivity contribution in [3.63, 3.8) is 0 Å². The summed E-state index contributed by atoms with van der Waals surface area (Å²) in [7, 11) is 0. The zero-order chi connectivity index (χ0) is 22.0. The Balaban J connectivity index is 0.00000306. The van der Waals surface area contributed by atoms with Crippen molar-refractivity contribution in [2.75, 3.05) is 59.2 Å². The van der Waals surface area contributed by atoms with Crippen LogP contribution in [0, 0.1) is 11.7 Å². The van der Waals surface area contributed by atoms with Crippen molar-refractivity contribution in [2.45, 2.75) is 18.9 Å². The number of aliphatic imine (C=N–C) groups is 1. The lowest BCUT2D eigenvalue weighted by atomic mass is 10.0. The maximum Gasteiger partial charge on any atom is 0.191 e. The van der Waals surface area contributed by atoms with Gasteiger partial charge in [-0.25, -0.2) is 4.39 Å². The summed E-state index contributed by atoms with van der Waals surface area (Å²) in [5, 5.41) is 6.92. The van der Waals surface area contributed by atoms with Gasteiger partial charge >= 0.3 is 0 Å². The van der Waals surface area contributed by atoms with E-state index in [0.29, 0.717) is 25.7 Å². The maximum absolute atomic E-state index is 13.5. The first-order valence-electron chi connectivity index (χ1n) is 11.5. The van der Waals surface area contributed by atoms with Crippen molar-refractivity contribution in [1.29, 1.82) is 0 Å². The van der Waals surface area contributed by atoms with Gasteiger partial charge in [0, 0.05) is 45.1 Å². The van der Waals surface area contributed by atoms with Crippen LogP contribution in [0.3, 0.4) is 0 Å². The van der Waals surface area contributed by atoms with Crippen LogP contribution >= 0.6 is 24.0 Å². The number of nitrogens with one attached hydrogen (secondary N) is 2. The summed E-state index contributed by atoms with van der Waals surface area (Å²) >= 11 is 0. The number of hydrogen-bond acceptors (Lipinski definition) is 5. The van der Waals surface area contributed by atoms with Gasteiger partial charge in [-0.05, 0) is 36.2 Å². The summed E-state index contributed by atoms with van der Waals surface area (Å²) in [4.78, 5) is 7.29. The van der Waals surface area contributed by atoms with E-state index in [1.165, 1.54) is 12.1 Å². The molecule has 2 aliphatic heterocycles. The standard InChI is InChI=1S/C24H33FN4O3.HI/c25-21-5-3-20(4-6-21)23(29-10-14-30-15-11-29)17-28-24(27-16-19-8-13-31-18-19)26-9-7-22-2-1-12-32-22;/h1-6,12,19,23H,7-11,13-18H2,(H2,26,27,28);1H. The number of halogens is 2. The molecule has 1 aromatic carbocycles. The number of hydrogen-bond donors (Lipinski definition) is 2. The highest BCUT2D eigenvalue weighted by molar-refractivity contribution is 14.0. The molecule has 2 unspecified atom stereocenters. The van der Waals surface area contributed by atoms with Gasteiger partial charge < -0.3 is 24.5 Å². The van der Waals surface area contributed by atoms with E-state index in [1.54, 1.807) is 6.26 Å². The topological polar surface area (TPSA) is 71.3 Å². The summed E-state index contributed by atoms with van der Waals surface area (Å²) in [5.74, 6) is 2.00. The highest BCUT2D eigenvalue weighted by Gasteiger charge is 2.23. The number of ether oxygens (including phenoxy) is 2. The average molecular weight is 572 g/mol. The summed E-state index contributed by atoms with van der Waals surface area (Å²) in [5.41, 5.74) is 1.07. The molecular formula is C24H34FIN4O3. The first kappa shape index (κ1) is 25.9. The molecule has 0 spiro atoms. The van der Waals surface area contributed by atoms with Crippen LogP contribution in [0.5, 0.6) is 0 Å². The lowest BCUT2D eigenvalue weighted by molar-refractivity contribution is 0.0179. The molecule has 182 valence electrons. The Kier molecular flexibility index (Phi) is 10.9. The Hall–Kier alpha value is -1.69. The predicted molar refractivity (Wildman–Crippen MR) is 137 cm³/mol. The number of nitrogens with zero attached hydrogens (tertiary/aromatic N) is 2. The average Bonchev–Trinajstić information content (AvgIpc) is 3.53. The molecule has 0 radical (unpaired) electrons. The van der Waals surface area contributed by atoms with Crippen molar-refractivity contribution >= 4 is 29.9 Å². The van der Waals surface area contributed by atoms with Crippen LogP contribution in [0.1, 0.15) is 23.8 Å². The Morgan fingerprint density at radius 2 is 1.91 bits per heavy atom. The fourth-order valence-electron chi connectivity index (χ4n) is 4.10. The molecule has 33 heavy (non-hydrogen) atoms. The molecule has 3 heterocycles. The summed E-state index contributed by atoms with van der Waals surface area (Å²) in [6.07, 6.45) is 3.54. The molecule has 2 fully saturated rings. The van der Waals surface area contributed by atoms with Gasteiger partial charge in [0.25, 0.3) is 0 Å². The second-order valence-electron chi connectivity index (χ2n) is 8.27. The molecular weight excluding hydrogens is 538 g/mol. The lowest BCUT2D eigenvalue weighted by Gasteiger charge is -2.34. The molecule has 0 saturated carbocycles. The fraction of sp³-hybridized carbons (Fsp3) is 0.542. The molecule has 9 heteroatoms. The van der Waals surface area contributed by atoms with E-state index in [4.69, 9.17) is 18.9 Å². The van der Waals surface area contributed by atoms with Crippen LogP contribution in [0.4, 0.5) is 4.39 Å². The van der Waals surface area contributed by atoms with Gasteiger partial charge in [0.05, 0.1) is 38.7 Å². The summed E-state index contributed by atoms with van der Waals surface area (Å²) in [6, 6.07) is 10.7. The molecule has 2 aliphatic rings. The van der Waals surface area contributed by atoms with Gasteiger partial charge in [0.2, 0.25) is 0 Å². The number of morpholine rings is 1. The van der Waals surface area contributed by atoms with Crippen molar-refractivity contribution < 1.29 is 18.3 Å². The van der Waals surface area contributed by atoms with Crippen LogP contribution in [0.25, 0.3) is 0 Å². The molecule has 0 aliphatic carbocycles. The van der Waals surface area contributed by atoms with Crippen LogP contribution in [0.2, 0.25) is 0 Å². The molecule has 2 saturated heterocycles. The fourth-order valence-corrected chi connectivity index (χ4v) is 4.10. The largest absolute Gasteiger partial charge is 0.469 e. The van der Waals surface area contributed by atoms with Crippen molar-refractivity contribution in [1.82, 2.24) is 15.5 Å². The van der Waals surface area contributed by atoms with E-state index in [2.05, 4.69) is 15.5 Å². The van der Waals surface area contributed by atoms with Gasteiger partial charge in [-0.1, -0.05) is 12.1 Å². The second-order valence-corrected chi connectivity index (χ2v) is 8.27. The van der Waals surface area contributed by atoms with E-state index >= 15 is 0 Å². The third kappa shape index (κ3) is 8.24. The van der Waals surface area contributed by atoms with E-state index in [-0.39, 0.29) is 35.8 Å². The quantitative estimate of drug-likeness (QED) is 0.273. The first-order valence-corrected chi connectivity index (χ1v) is 11.5. The second kappa shape index (κ2) is 13.9. The first-order chi connectivity index (χ1) is 15.8. The normalized spacial score (nSPS) is 20.3. The molecule has 7 nitrogen and oxygen atoms in total. The van der Waals surface area contributed by atoms with Crippen molar-refractivity contribution in [3.05, 3.63) is 59.8 Å². The SMILES string of the molecule is Fc1ccc(C(CN=C(NCCc2ccco2)NCC2CCOC2)N2CCOCC2)cc1.I. The van der Waals surface area contributed by atoms with E-state index in [0.717, 1.165) is 69.5 Å². The van der Waals surface area contributed by atoms with E-state index in [1.807, 2.05) is 24.3 Å². The molecule has 0 amide bonds. The van der Waals surface area contributed by atoms with Gasteiger partial charge in [-0.15, -0.1) is 24.0 Å². The molecule has 2 aromatic rings. The highest BCUT2D eigenvalue weighted by atomic mass is 127. The zero-order valence-electron chi connectivity index (χ0n) is 18.9. The van der Waals surface area contributed by atoms with Gasteiger partial charge in [-0.3, -0.25) is 9.89 Å². The molecule has 1 aromatic heterocycles. The minimum absolute atomic E-state index is 0. The molecule has 4 rings (SSSR count). The summed E-state index contributed by atoms with van der Waals surface area (Å²) in [6.45, 7) is 6.82. The summed E-state index contributed by atoms with van der Waals surface area (Å²) < 4.78 is 30.0. The zero-order valence-corrected chi connectivity index (χ0v) is 21.2. The van der Waals surface area contributed by atoms with E-state index in [9.17, 15) is 4.39 Å². The van der Waals surface area contributed by atoms with Crippen molar-refractivity contribution in [2.24, 2.45) is 10.9 Å². The van der Waals surface area contributed by atoms with E-state index < -0.39 is 0 Å². The Morgan fingerprint density at radius 3 is 2.61 bits per heavy atom. The van der Waals surface area contributed by atoms with Gasteiger partial charge in [0.1, 0.15) is 11.6 Å². The van der Waals surface area contributed by atoms with Crippen LogP contribution in [0.15, 0.2) is 52.1 Å². The third-order valence-corrected chi connectivity index (χ3v) is 5.99. The minimum Gasteiger partial charge on any atom is -0.469 e. The molecule has 2 N–H and O–H groups in total. The van der Waals surface area contributed by atoms with Crippen LogP contribution < -0.4 is 10.6 Å². The van der Waals surface area contributed by atoms with Crippen LogP contribution in [-0.2, 0) is 15.9 Å². The Labute approximate surface area is 212 Å². The van der Waals surface area contributed by atoms with Gasteiger partial charge in [-0.2, -0.15) is 0 Å². The highest BCUT2D eigenvalue weighted by Crippen LogP contribution is 2.23. The smallest absolute Gasteiger partial charge is 0.191 e. The number of rotatable bonds is 9. The number of furan rings is 1. The Bertz CT molecular complexity index is 823. The third-order valence-electron chi connectivity index (χ3n) is 5.99.